The smallest absolute Gasteiger partial charge is 0.367 e. The zero-order chi connectivity index (χ0) is 10.9. The molecule has 0 bridgehead atoms. The molecule has 2 N–H and O–H groups in total. The van der Waals surface area contributed by atoms with Crippen LogP contribution in [0, 0.1) is 0 Å². The van der Waals surface area contributed by atoms with E-state index in [1.54, 1.807) is 0 Å². The number of rotatable bonds is 3. The van der Waals surface area contributed by atoms with Crippen molar-refractivity contribution in [2.45, 2.75) is 18.2 Å². The second kappa shape index (κ2) is 3.44. The van der Waals surface area contributed by atoms with Crippen molar-refractivity contribution >= 4 is 5.91 Å². The van der Waals surface area contributed by atoms with Crippen molar-refractivity contribution < 1.29 is 31.5 Å². The van der Waals surface area contributed by atoms with Crippen LogP contribution in [-0.2, 0) is 9.53 Å². The number of carbonyl (C=O) groups excluding carboxylic acids is 1. The molecule has 1 atom stereocenters. The first-order valence-electron chi connectivity index (χ1n) is 2.91. The topological polar surface area (TPSA) is 52.3 Å². The summed E-state index contributed by atoms with van der Waals surface area (Å²) in [4.78, 5) is 10.1. The molecule has 1 unspecified atom stereocenters. The van der Waals surface area contributed by atoms with Crippen LogP contribution in [0.4, 0.5) is 22.0 Å². The van der Waals surface area contributed by atoms with Crippen LogP contribution in [0.2, 0.25) is 0 Å². The number of nitrogens with two attached hydrogens (primary N) is 1. The third kappa shape index (κ3) is 2.27. The zero-order valence-electron chi connectivity index (χ0n) is 6.36. The van der Waals surface area contributed by atoms with Crippen molar-refractivity contribution in [2.75, 3.05) is 7.11 Å². The Morgan fingerprint density at radius 1 is 1.31 bits per heavy atom. The van der Waals surface area contributed by atoms with E-state index in [-0.39, 0.29) is 0 Å². The first-order chi connectivity index (χ1) is 5.64. The monoisotopic (exact) mass is 207 g/mol. The van der Waals surface area contributed by atoms with E-state index in [1.807, 2.05) is 0 Å². The third-order valence-electron chi connectivity index (χ3n) is 1.20. The molecule has 0 fully saturated rings. The molecule has 0 aromatic rings. The van der Waals surface area contributed by atoms with Gasteiger partial charge in [0.05, 0.1) is 0 Å². The lowest BCUT2D eigenvalue weighted by Gasteiger charge is -2.24. The van der Waals surface area contributed by atoms with E-state index in [0.717, 1.165) is 0 Å². The van der Waals surface area contributed by atoms with Crippen LogP contribution >= 0.6 is 0 Å². The number of hydrogen-bond donors (Lipinski definition) is 1. The molecule has 8 heteroatoms. The van der Waals surface area contributed by atoms with Gasteiger partial charge in [-0.15, -0.1) is 0 Å². The maximum absolute atomic E-state index is 12.3. The Labute approximate surface area is 69.6 Å². The highest BCUT2D eigenvalue weighted by Gasteiger charge is 2.64. The molecule has 0 rings (SSSR count). The highest BCUT2D eigenvalue weighted by atomic mass is 19.4. The van der Waals surface area contributed by atoms with Crippen molar-refractivity contribution in [3.8, 4) is 0 Å². The van der Waals surface area contributed by atoms with Crippen LogP contribution in [0.25, 0.3) is 0 Å². The fourth-order valence-corrected chi connectivity index (χ4v) is 0.591. The first-order valence-corrected chi connectivity index (χ1v) is 2.91. The lowest BCUT2D eigenvalue weighted by molar-refractivity contribution is -0.310. The predicted molar refractivity (Wildman–Crippen MR) is 31.0 cm³/mol. The SMILES string of the molecule is COC(C(N)=O)C(F)(F)C(F)(F)F. The van der Waals surface area contributed by atoms with E-state index in [2.05, 4.69) is 10.5 Å². The Balaban J connectivity index is 4.89. The molecule has 0 heterocycles. The van der Waals surface area contributed by atoms with Crippen molar-refractivity contribution in [2.24, 2.45) is 5.73 Å². The van der Waals surface area contributed by atoms with E-state index in [9.17, 15) is 26.7 Å². The molecule has 0 aliphatic heterocycles. The van der Waals surface area contributed by atoms with Gasteiger partial charge in [0.25, 0.3) is 5.91 Å². The number of carbonyl (C=O) groups is 1. The normalized spacial score (nSPS) is 15.5. The average molecular weight is 207 g/mol. The number of halogens is 5. The van der Waals surface area contributed by atoms with E-state index in [1.165, 1.54) is 0 Å². The van der Waals surface area contributed by atoms with E-state index in [0.29, 0.717) is 7.11 Å². The molecule has 0 aliphatic carbocycles. The van der Waals surface area contributed by atoms with Crippen LogP contribution in [0.3, 0.4) is 0 Å². The van der Waals surface area contributed by atoms with Gasteiger partial charge < -0.3 is 10.5 Å². The largest absolute Gasteiger partial charge is 0.456 e. The molecular formula is C5H6F5NO2. The quantitative estimate of drug-likeness (QED) is 0.692. The maximum atomic E-state index is 12.3. The fourth-order valence-electron chi connectivity index (χ4n) is 0.591. The Kier molecular flexibility index (Phi) is 3.20. The van der Waals surface area contributed by atoms with Gasteiger partial charge in [0.15, 0.2) is 0 Å². The second-order valence-electron chi connectivity index (χ2n) is 2.14. The van der Waals surface area contributed by atoms with Gasteiger partial charge in [-0.3, -0.25) is 4.79 Å². The zero-order valence-corrected chi connectivity index (χ0v) is 6.36. The molecule has 0 saturated carbocycles. The lowest BCUT2D eigenvalue weighted by Crippen LogP contribution is -2.53. The maximum Gasteiger partial charge on any atom is 0.456 e. The molecular weight excluding hydrogens is 201 g/mol. The minimum Gasteiger partial charge on any atom is -0.367 e. The minimum atomic E-state index is -5.86. The van der Waals surface area contributed by atoms with Gasteiger partial charge in [-0.2, -0.15) is 22.0 Å². The van der Waals surface area contributed by atoms with Crippen LogP contribution in [0.1, 0.15) is 0 Å². The lowest BCUT2D eigenvalue weighted by atomic mass is 10.1. The Bertz CT molecular complexity index is 202. The van der Waals surface area contributed by atoms with Gasteiger partial charge in [-0.05, 0) is 0 Å². The summed E-state index contributed by atoms with van der Waals surface area (Å²) in [6.07, 6.45) is -8.85. The standard InChI is InChI=1S/C5H6F5NO2/c1-13-2(3(11)12)4(6,7)5(8,9)10/h2H,1H3,(H2,11,12). The van der Waals surface area contributed by atoms with Crippen LogP contribution in [-0.4, -0.2) is 31.2 Å². The van der Waals surface area contributed by atoms with Crippen LogP contribution in [0.15, 0.2) is 0 Å². The van der Waals surface area contributed by atoms with Gasteiger partial charge in [-0.25, -0.2) is 0 Å². The van der Waals surface area contributed by atoms with E-state index >= 15 is 0 Å². The average Bonchev–Trinajstić information content (AvgIpc) is 1.83. The summed E-state index contributed by atoms with van der Waals surface area (Å²) in [5, 5.41) is 0. The molecule has 13 heavy (non-hydrogen) atoms. The van der Waals surface area contributed by atoms with Crippen molar-refractivity contribution in [3.63, 3.8) is 0 Å². The molecule has 0 radical (unpaired) electrons. The van der Waals surface area contributed by atoms with Gasteiger partial charge in [0, 0.05) is 7.11 Å². The second-order valence-corrected chi connectivity index (χ2v) is 2.14. The summed E-state index contributed by atoms with van der Waals surface area (Å²) in [6, 6.07) is 0. The number of hydrogen-bond acceptors (Lipinski definition) is 2. The van der Waals surface area contributed by atoms with E-state index in [4.69, 9.17) is 0 Å². The molecule has 1 amide bonds. The van der Waals surface area contributed by atoms with Crippen LogP contribution < -0.4 is 5.73 Å². The Morgan fingerprint density at radius 3 is 1.77 bits per heavy atom. The van der Waals surface area contributed by atoms with E-state index < -0.39 is 24.1 Å². The fraction of sp³-hybridized carbons (Fsp3) is 0.800. The molecule has 0 aliphatic rings. The van der Waals surface area contributed by atoms with Crippen molar-refractivity contribution in [1.29, 1.82) is 0 Å². The molecule has 3 nitrogen and oxygen atoms in total. The summed E-state index contributed by atoms with van der Waals surface area (Å²) >= 11 is 0. The summed E-state index contributed by atoms with van der Waals surface area (Å²) < 4.78 is 63.0. The highest BCUT2D eigenvalue weighted by molar-refractivity contribution is 5.80. The molecule has 78 valence electrons. The third-order valence-corrected chi connectivity index (χ3v) is 1.20. The first kappa shape index (κ1) is 12.1. The van der Waals surface area contributed by atoms with Crippen molar-refractivity contribution in [1.82, 2.24) is 0 Å². The van der Waals surface area contributed by atoms with Crippen LogP contribution in [0.5, 0.6) is 0 Å². The number of primary amides is 1. The molecule has 0 aromatic heterocycles. The number of methoxy groups -OCH3 is 1. The molecule has 0 saturated heterocycles. The van der Waals surface area contributed by atoms with Gasteiger partial charge >= 0.3 is 12.1 Å². The molecule has 0 aromatic carbocycles. The summed E-state index contributed by atoms with van der Waals surface area (Å²) in [7, 11) is 0.537. The van der Waals surface area contributed by atoms with Gasteiger partial charge in [-0.1, -0.05) is 0 Å². The Morgan fingerprint density at radius 2 is 1.69 bits per heavy atom. The predicted octanol–water partition coefficient (Wildman–Crippen LogP) is 0.684. The summed E-state index contributed by atoms with van der Waals surface area (Å²) in [6.45, 7) is 0. The minimum absolute atomic E-state index is 0.537. The number of amides is 1. The summed E-state index contributed by atoms with van der Waals surface area (Å²) in [5.74, 6) is -7.14. The van der Waals surface area contributed by atoms with Gasteiger partial charge in [0.2, 0.25) is 6.10 Å². The Hall–Kier alpha value is -0.920. The van der Waals surface area contributed by atoms with Crippen molar-refractivity contribution in [3.05, 3.63) is 0 Å². The summed E-state index contributed by atoms with van der Waals surface area (Å²) in [5.41, 5.74) is 4.29. The molecule has 0 spiro atoms. The number of ether oxygens (including phenoxy) is 1. The number of alkyl halides is 5. The van der Waals surface area contributed by atoms with Gasteiger partial charge in [0.1, 0.15) is 0 Å². The highest BCUT2D eigenvalue weighted by Crippen LogP contribution is 2.38.